The van der Waals surface area contributed by atoms with Crippen LogP contribution < -0.4 is 5.73 Å². The molecule has 0 unspecified atom stereocenters. The summed E-state index contributed by atoms with van der Waals surface area (Å²) in [5, 5.41) is 0. The lowest BCUT2D eigenvalue weighted by Gasteiger charge is -2.29. The Labute approximate surface area is 118 Å². The number of fused-ring (bicyclic) bond motifs is 1. The molecule has 0 spiro atoms. The Bertz CT molecular complexity index is 601. The first-order chi connectivity index (χ1) is 9.13. The predicted molar refractivity (Wildman–Crippen MR) is 82.5 cm³/mol. The van der Waals surface area contributed by atoms with Gasteiger partial charge in [0.2, 0.25) is 0 Å². The highest BCUT2D eigenvalue weighted by atomic mass is 32.1. The summed E-state index contributed by atoms with van der Waals surface area (Å²) < 4.78 is 0. The van der Waals surface area contributed by atoms with Crippen LogP contribution in [0.25, 0.3) is 0 Å². The number of nitrogens with zero attached hydrogens (tertiary/aromatic N) is 1. The average molecular weight is 272 g/mol. The Morgan fingerprint density at radius 1 is 1.32 bits per heavy atom. The van der Waals surface area contributed by atoms with Crippen LogP contribution in [0.1, 0.15) is 26.4 Å². The smallest absolute Gasteiger partial charge is 0.0362 e. The summed E-state index contributed by atoms with van der Waals surface area (Å²) in [5.41, 5.74) is 11.3. The van der Waals surface area contributed by atoms with Crippen molar-refractivity contribution in [2.24, 2.45) is 0 Å². The number of aryl methyl sites for hydroxylation is 2. The van der Waals surface area contributed by atoms with Gasteiger partial charge in [0.25, 0.3) is 0 Å². The van der Waals surface area contributed by atoms with E-state index in [-0.39, 0.29) is 0 Å². The topological polar surface area (TPSA) is 29.3 Å². The zero-order chi connectivity index (χ0) is 13.4. The summed E-state index contributed by atoms with van der Waals surface area (Å²) in [5.74, 6) is 0. The van der Waals surface area contributed by atoms with Crippen LogP contribution in [0, 0.1) is 13.8 Å². The summed E-state index contributed by atoms with van der Waals surface area (Å²) >= 11 is 1.90. The monoisotopic (exact) mass is 272 g/mol. The molecule has 2 aromatic rings. The number of nitrogen functional groups attached to an aromatic ring is 1. The maximum absolute atomic E-state index is 6.11. The molecular formula is C16H20N2S. The molecule has 1 aliphatic heterocycles. The van der Waals surface area contributed by atoms with E-state index in [4.69, 9.17) is 5.73 Å². The first-order valence-corrected chi connectivity index (χ1v) is 7.59. The largest absolute Gasteiger partial charge is 0.398 e. The van der Waals surface area contributed by atoms with Crippen LogP contribution in [0.15, 0.2) is 24.3 Å². The van der Waals surface area contributed by atoms with Gasteiger partial charge < -0.3 is 5.73 Å². The van der Waals surface area contributed by atoms with Crippen molar-refractivity contribution in [2.45, 2.75) is 33.4 Å². The van der Waals surface area contributed by atoms with Crippen LogP contribution in [0.3, 0.4) is 0 Å². The summed E-state index contributed by atoms with van der Waals surface area (Å²) in [6.45, 7) is 7.56. The van der Waals surface area contributed by atoms with Crippen molar-refractivity contribution in [2.75, 3.05) is 12.3 Å². The van der Waals surface area contributed by atoms with Gasteiger partial charge in [-0.15, -0.1) is 11.3 Å². The third-order valence-corrected chi connectivity index (χ3v) is 4.93. The van der Waals surface area contributed by atoms with Gasteiger partial charge in [0, 0.05) is 35.1 Å². The third kappa shape index (κ3) is 2.53. The molecular weight excluding hydrogens is 252 g/mol. The minimum absolute atomic E-state index is 0.945. The molecule has 1 aromatic heterocycles. The molecule has 0 saturated carbocycles. The van der Waals surface area contributed by atoms with E-state index in [1.165, 1.54) is 26.4 Å². The lowest BCUT2D eigenvalue weighted by molar-refractivity contribution is 0.246. The molecule has 0 aliphatic carbocycles. The standard InChI is InChI=1S/C16H20N2S/c1-11-8-14(12(2)19-11)9-18-7-6-13-4-3-5-16(17)15(13)10-18/h3-5,8H,6-7,9-10,17H2,1-2H3. The van der Waals surface area contributed by atoms with Gasteiger partial charge in [-0.25, -0.2) is 0 Å². The minimum Gasteiger partial charge on any atom is -0.398 e. The van der Waals surface area contributed by atoms with Crippen LogP contribution in [-0.2, 0) is 19.5 Å². The second kappa shape index (κ2) is 4.99. The fourth-order valence-corrected chi connectivity index (χ4v) is 3.82. The summed E-state index contributed by atoms with van der Waals surface area (Å²) in [4.78, 5) is 5.36. The second-order valence-corrected chi connectivity index (χ2v) is 6.84. The SMILES string of the molecule is Cc1cc(CN2CCc3cccc(N)c3C2)c(C)s1. The number of thiophene rings is 1. The van der Waals surface area contributed by atoms with Crippen molar-refractivity contribution in [3.63, 3.8) is 0 Å². The van der Waals surface area contributed by atoms with Crippen molar-refractivity contribution < 1.29 is 0 Å². The molecule has 0 saturated heterocycles. The molecule has 100 valence electrons. The Morgan fingerprint density at radius 3 is 2.89 bits per heavy atom. The van der Waals surface area contributed by atoms with E-state index in [9.17, 15) is 0 Å². The summed E-state index contributed by atoms with van der Waals surface area (Å²) in [7, 11) is 0. The molecule has 0 fully saturated rings. The van der Waals surface area contributed by atoms with Crippen molar-refractivity contribution in [3.8, 4) is 0 Å². The molecule has 2 heterocycles. The molecule has 0 radical (unpaired) electrons. The Hall–Kier alpha value is -1.32. The quantitative estimate of drug-likeness (QED) is 0.848. The van der Waals surface area contributed by atoms with E-state index in [1.54, 1.807) is 0 Å². The highest BCUT2D eigenvalue weighted by molar-refractivity contribution is 7.12. The number of hydrogen-bond acceptors (Lipinski definition) is 3. The van der Waals surface area contributed by atoms with Crippen LogP contribution in [0.4, 0.5) is 5.69 Å². The molecule has 0 amide bonds. The number of rotatable bonds is 2. The average Bonchev–Trinajstić information content (AvgIpc) is 2.69. The molecule has 3 rings (SSSR count). The Kier molecular flexibility index (Phi) is 3.33. The van der Waals surface area contributed by atoms with Gasteiger partial charge in [-0.2, -0.15) is 0 Å². The molecule has 1 aliphatic rings. The maximum Gasteiger partial charge on any atom is 0.0362 e. The molecule has 1 aromatic carbocycles. The van der Waals surface area contributed by atoms with Gasteiger partial charge in [0.05, 0.1) is 0 Å². The van der Waals surface area contributed by atoms with Crippen molar-refractivity contribution in [3.05, 3.63) is 50.7 Å². The number of hydrogen-bond donors (Lipinski definition) is 1. The fourth-order valence-electron chi connectivity index (χ4n) is 2.88. The molecule has 0 bridgehead atoms. The van der Waals surface area contributed by atoms with Crippen LogP contribution in [0.5, 0.6) is 0 Å². The number of anilines is 1. The molecule has 0 atom stereocenters. The van der Waals surface area contributed by atoms with E-state index in [0.29, 0.717) is 0 Å². The number of benzene rings is 1. The Balaban J connectivity index is 1.79. The normalized spacial score (nSPS) is 15.5. The molecule has 2 nitrogen and oxygen atoms in total. The molecule has 19 heavy (non-hydrogen) atoms. The van der Waals surface area contributed by atoms with Crippen LogP contribution >= 0.6 is 11.3 Å². The second-order valence-electron chi connectivity index (χ2n) is 5.38. The Morgan fingerprint density at radius 2 is 2.16 bits per heavy atom. The van der Waals surface area contributed by atoms with Gasteiger partial charge in [-0.05, 0) is 49.1 Å². The van der Waals surface area contributed by atoms with Gasteiger partial charge >= 0.3 is 0 Å². The third-order valence-electron chi connectivity index (χ3n) is 3.93. The minimum atomic E-state index is 0.945. The van der Waals surface area contributed by atoms with Gasteiger partial charge in [0.15, 0.2) is 0 Å². The first kappa shape index (κ1) is 12.7. The van der Waals surface area contributed by atoms with Crippen LogP contribution in [0.2, 0.25) is 0 Å². The molecule has 3 heteroatoms. The number of nitrogens with two attached hydrogens (primary N) is 1. The fraction of sp³-hybridized carbons (Fsp3) is 0.375. The lowest BCUT2D eigenvalue weighted by atomic mass is 9.98. The van der Waals surface area contributed by atoms with Crippen molar-refractivity contribution in [1.82, 2.24) is 4.90 Å². The highest BCUT2D eigenvalue weighted by Crippen LogP contribution is 2.27. The van der Waals surface area contributed by atoms with E-state index in [2.05, 4.69) is 36.9 Å². The maximum atomic E-state index is 6.11. The van der Waals surface area contributed by atoms with Crippen LogP contribution in [-0.4, -0.2) is 11.4 Å². The van der Waals surface area contributed by atoms with E-state index >= 15 is 0 Å². The predicted octanol–water partition coefficient (Wildman–Crippen LogP) is 3.51. The van der Waals surface area contributed by atoms with E-state index < -0.39 is 0 Å². The summed E-state index contributed by atoms with van der Waals surface area (Å²) in [6, 6.07) is 8.62. The highest BCUT2D eigenvalue weighted by Gasteiger charge is 2.19. The van der Waals surface area contributed by atoms with Crippen molar-refractivity contribution >= 4 is 17.0 Å². The van der Waals surface area contributed by atoms with Crippen molar-refractivity contribution in [1.29, 1.82) is 0 Å². The zero-order valence-corrected chi connectivity index (χ0v) is 12.4. The molecule has 2 N–H and O–H groups in total. The van der Waals surface area contributed by atoms with Gasteiger partial charge in [-0.3, -0.25) is 4.90 Å². The lowest BCUT2D eigenvalue weighted by Crippen LogP contribution is -2.30. The summed E-state index contributed by atoms with van der Waals surface area (Å²) in [6.07, 6.45) is 1.11. The van der Waals surface area contributed by atoms with Gasteiger partial charge in [-0.1, -0.05) is 12.1 Å². The van der Waals surface area contributed by atoms with E-state index in [1.807, 2.05) is 17.4 Å². The van der Waals surface area contributed by atoms with E-state index in [0.717, 1.165) is 31.7 Å². The zero-order valence-electron chi connectivity index (χ0n) is 11.6. The van der Waals surface area contributed by atoms with Gasteiger partial charge in [0.1, 0.15) is 0 Å². The first-order valence-electron chi connectivity index (χ1n) is 6.78.